The van der Waals surface area contributed by atoms with E-state index in [4.69, 9.17) is 13.8 Å². The molecule has 0 aliphatic carbocycles. The Hall–Kier alpha value is 0.0300. The number of unbranched alkanes of at least 4 members (excludes halogenated alkanes) is 6. The van der Waals surface area contributed by atoms with Crippen molar-refractivity contribution in [1.29, 1.82) is 0 Å². The summed E-state index contributed by atoms with van der Waals surface area (Å²) in [5, 5.41) is 0. The predicted octanol–water partition coefficient (Wildman–Crippen LogP) is 3.35. The Morgan fingerprint density at radius 1 is 0.792 bits per heavy atom. The molecule has 1 unspecified atom stereocenters. The van der Waals surface area contributed by atoms with Gasteiger partial charge in [0.05, 0.1) is 27.7 Å². The first kappa shape index (κ1) is 24.0. The van der Waals surface area contributed by atoms with E-state index in [1.807, 2.05) is 21.1 Å². The van der Waals surface area contributed by atoms with Gasteiger partial charge in [-0.25, -0.2) is 0 Å². The standard InChI is InChI=1S/C17H38NO5P/c1-5-6-14-21-15-11-9-7-8-10-12-16-22-24(19,20)23-17-13-18(2,3)4/h5-17H2,1-4H3. The first-order valence-corrected chi connectivity index (χ1v) is 10.7. The highest BCUT2D eigenvalue weighted by Crippen LogP contribution is 2.38. The largest absolute Gasteiger partial charge is 0.756 e. The van der Waals surface area contributed by atoms with Gasteiger partial charge in [-0.2, -0.15) is 0 Å². The van der Waals surface area contributed by atoms with Crippen molar-refractivity contribution in [2.45, 2.75) is 58.3 Å². The van der Waals surface area contributed by atoms with Crippen LogP contribution in [0, 0.1) is 0 Å². The maximum atomic E-state index is 11.6. The fraction of sp³-hybridized carbons (Fsp3) is 1.00. The lowest BCUT2D eigenvalue weighted by Crippen LogP contribution is -2.37. The average Bonchev–Trinajstić information content (AvgIpc) is 2.46. The molecule has 0 amide bonds. The number of quaternary nitrogens is 1. The van der Waals surface area contributed by atoms with Crippen LogP contribution < -0.4 is 4.89 Å². The van der Waals surface area contributed by atoms with E-state index < -0.39 is 7.82 Å². The van der Waals surface area contributed by atoms with Crippen molar-refractivity contribution in [2.24, 2.45) is 0 Å². The van der Waals surface area contributed by atoms with E-state index in [-0.39, 0.29) is 13.2 Å². The molecule has 0 rings (SSSR count). The number of hydrogen-bond donors (Lipinski definition) is 0. The van der Waals surface area contributed by atoms with Gasteiger partial charge in [0.1, 0.15) is 13.2 Å². The van der Waals surface area contributed by atoms with E-state index in [1.54, 1.807) is 0 Å². The number of phosphoric ester groups is 1. The second-order valence-electron chi connectivity index (χ2n) is 7.21. The number of phosphoric acid groups is 1. The lowest BCUT2D eigenvalue weighted by molar-refractivity contribution is -0.870. The molecule has 0 heterocycles. The molecule has 0 spiro atoms. The van der Waals surface area contributed by atoms with E-state index in [2.05, 4.69) is 6.92 Å². The van der Waals surface area contributed by atoms with Gasteiger partial charge in [-0.05, 0) is 19.3 Å². The summed E-state index contributed by atoms with van der Waals surface area (Å²) in [7, 11) is 1.82. The normalized spacial score (nSPS) is 14.7. The number of likely N-dealkylation sites (N-methyl/N-ethyl adjacent to an activating group) is 1. The molecule has 6 nitrogen and oxygen atoms in total. The van der Waals surface area contributed by atoms with Crippen LogP contribution in [0.3, 0.4) is 0 Å². The molecular weight excluding hydrogens is 329 g/mol. The van der Waals surface area contributed by atoms with Gasteiger partial charge >= 0.3 is 0 Å². The average molecular weight is 367 g/mol. The minimum Gasteiger partial charge on any atom is -0.756 e. The van der Waals surface area contributed by atoms with Crippen LogP contribution in [0.1, 0.15) is 58.3 Å². The second kappa shape index (κ2) is 14.2. The summed E-state index contributed by atoms with van der Waals surface area (Å²) in [6.45, 7) is 4.89. The lowest BCUT2D eigenvalue weighted by atomic mass is 10.1. The smallest absolute Gasteiger partial charge is 0.268 e. The predicted molar refractivity (Wildman–Crippen MR) is 95.8 cm³/mol. The molecule has 1 atom stereocenters. The third-order valence-electron chi connectivity index (χ3n) is 3.59. The van der Waals surface area contributed by atoms with Crippen molar-refractivity contribution in [2.75, 3.05) is 54.1 Å². The van der Waals surface area contributed by atoms with Crippen LogP contribution in [-0.2, 0) is 18.3 Å². The molecule has 0 N–H and O–H groups in total. The first-order valence-electron chi connectivity index (χ1n) is 9.25. The highest BCUT2D eigenvalue weighted by atomic mass is 31.2. The molecule has 0 aliphatic heterocycles. The van der Waals surface area contributed by atoms with Gasteiger partial charge in [0.25, 0.3) is 7.82 Å². The highest BCUT2D eigenvalue weighted by Gasteiger charge is 2.12. The number of ether oxygens (including phenoxy) is 1. The van der Waals surface area contributed by atoms with Crippen molar-refractivity contribution in [3.63, 3.8) is 0 Å². The molecule has 0 bridgehead atoms. The molecule has 0 radical (unpaired) electrons. The molecule has 0 aliphatic rings. The summed E-state index contributed by atoms with van der Waals surface area (Å²) in [6, 6.07) is 0. The zero-order valence-electron chi connectivity index (χ0n) is 16.1. The van der Waals surface area contributed by atoms with E-state index in [0.29, 0.717) is 11.0 Å². The van der Waals surface area contributed by atoms with Crippen LogP contribution >= 0.6 is 7.82 Å². The molecule has 0 aromatic heterocycles. The van der Waals surface area contributed by atoms with E-state index in [9.17, 15) is 9.46 Å². The summed E-state index contributed by atoms with van der Waals surface area (Å²) in [6.07, 6.45) is 8.59. The highest BCUT2D eigenvalue weighted by molar-refractivity contribution is 7.45. The third kappa shape index (κ3) is 18.4. The molecular formula is C17H38NO5P. The minimum absolute atomic E-state index is 0.157. The third-order valence-corrected chi connectivity index (χ3v) is 4.58. The summed E-state index contributed by atoms with van der Waals surface area (Å²) in [4.78, 5) is 11.6. The summed E-state index contributed by atoms with van der Waals surface area (Å²) >= 11 is 0. The van der Waals surface area contributed by atoms with Crippen molar-refractivity contribution < 1.29 is 27.7 Å². The number of rotatable bonds is 17. The molecule has 0 aromatic rings. The zero-order valence-corrected chi connectivity index (χ0v) is 17.0. The van der Waals surface area contributed by atoms with Crippen LogP contribution in [0.25, 0.3) is 0 Å². The lowest BCUT2D eigenvalue weighted by Gasteiger charge is -2.27. The van der Waals surface area contributed by atoms with Gasteiger partial charge < -0.3 is 23.2 Å². The summed E-state index contributed by atoms with van der Waals surface area (Å²) < 4.78 is 27.5. The van der Waals surface area contributed by atoms with Crippen molar-refractivity contribution in [3.8, 4) is 0 Å². The van der Waals surface area contributed by atoms with Gasteiger partial charge in [-0.3, -0.25) is 4.57 Å². The Kier molecular flexibility index (Phi) is 14.2. The maximum absolute atomic E-state index is 11.6. The monoisotopic (exact) mass is 367 g/mol. The molecule has 0 saturated heterocycles. The Bertz CT molecular complexity index is 333. The number of nitrogens with zero attached hydrogens (tertiary/aromatic N) is 1. The van der Waals surface area contributed by atoms with Gasteiger partial charge in [0.2, 0.25) is 0 Å². The SMILES string of the molecule is CCCCOCCCCCCCCOP(=O)([O-])OCC[N+](C)(C)C. The molecule has 0 aromatic carbocycles. The van der Waals surface area contributed by atoms with E-state index in [0.717, 1.165) is 51.7 Å². The Morgan fingerprint density at radius 3 is 1.88 bits per heavy atom. The fourth-order valence-electron chi connectivity index (χ4n) is 2.00. The Morgan fingerprint density at radius 2 is 1.29 bits per heavy atom. The van der Waals surface area contributed by atoms with Crippen LogP contribution in [0.5, 0.6) is 0 Å². The Labute approximate surface area is 148 Å². The van der Waals surface area contributed by atoms with Crippen molar-refractivity contribution >= 4 is 7.82 Å². The maximum Gasteiger partial charge on any atom is 0.268 e. The summed E-state index contributed by atoms with van der Waals surface area (Å²) in [5.74, 6) is 0. The fourth-order valence-corrected chi connectivity index (χ4v) is 2.73. The van der Waals surface area contributed by atoms with Crippen molar-refractivity contribution in [1.82, 2.24) is 0 Å². The van der Waals surface area contributed by atoms with Gasteiger partial charge in [0, 0.05) is 13.2 Å². The Balaban J connectivity index is 3.38. The second-order valence-corrected chi connectivity index (χ2v) is 8.63. The number of hydrogen-bond acceptors (Lipinski definition) is 5. The van der Waals surface area contributed by atoms with E-state index >= 15 is 0 Å². The topological polar surface area (TPSA) is 67.8 Å². The van der Waals surface area contributed by atoms with Crippen LogP contribution in [0.2, 0.25) is 0 Å². The van der Waals surface area contributed by atoms with Gasteiger partial charge in [0.15, 0.2) is 0 Å². The van der Waals surface area contributed by atoms with Crippen LogP contribution in [0.4, 0.5) is 0 Å². The van der Waals surface area contributed by atoms with Gasteiger partial charge in [-0.1, -0.05) is 39.0 Å². The zero-order chi connectivity index (χ0) is 18.3. The van der Waals surface area contributed by atoms with E-state index in [1.165, 1.54) is 12.8 Å². The van der Waals surface area contributed by atoms with Crippen LogP contribution in [-0.4, -0.2) is 58.6 Å². The van der Waals surface area contributed by atoms with Crippen LogP contribution in [0.15, 0.2) is 0 Å². The van der Waals surface area contributed by atoms with Crippen molar-refractivity contribution in [3.05, 3.63) is 0 Å². The molecule has 146 valence electrons. The molecule has 0 fully saturated rings. The first-order chi connectivity index (χ1) is 11.3. The van der Waals surface area contributed by atoms with Gasteiger partial charge in [-0.15, -0.1) is 0 Å². The molecule has 7 heteroatoms. The molecule has 0 saturated carbocycles. The minimum atomic E-state index is -4.13. The quantitative estimate of drug-likeness (QED) is 0.224. The summed E-state index contributed by atoms with van der Waals surface area (Å²) in [5.41, 5.74) is 0. The molecule has 24 heavy (non-hydrogen) atoms.